The number of piperazine rings is 1. The lowest BCUT2D eigenvalue weighted by molar-refractivity contribution is -0.116. The van der Waals surface area contributed by atoms with Crippen LogP contribution >= 0.6 is 23.2 Å². The van der Waals surface area contributed by atoms with Crippen LogP contribution in [0.15, 0.2) is 12.1 Å². The second kappa shape index (κ2) is 10.1. The molecule has 0 bridgehead atoms. The van der Waals surface area contributed by atoms with E-state index in [1.807, 2.05) is 20.8 Å². The molecule has 1 saturated heterocycles. The zero-order valence-electron chi connectivity index (χ0n) is 16.5. The molecule has 152 valence electrons. The molecule has 2 rings (SSSR count). The fourth-order valence-electron chi connectivity index (χ4n) is 3.32. The van der Waals surface area contributed by atoms with Gasteiger partial charge in [0, 0.05) is 37.6 Å². The minimum atomic E-state index is -0.228. The zero-order chi connectivity index (χ0) is 20.8. The maximum atomic E-state index is 13.1. The van der Waals surface area contributed by atoms with E-state index in [-0.39, 0.29) is 34.4 Å². The molecular weight excluding hydrogens is 399 g/mol. The zero-order valence-corrected chi connectivity index (χ0v) is 18.0. The van der Waals surface area contributed by atoms with Crippen LogP contribution in [0.2, 0.25) is 10.0 Å². The Morgan fingerprint density at radius 3 is 2.39 bits per heavy atom. The van der Waals surface area contributed by atoms with E-state index < -0.39 is 0 Å². The standard InChI is InChI=1S/C20H26Cl2N4O2/c1-4-5-18(27)24-19-15(10-14(21)11-16(19)22)20(28)26-8-6-25(7-9-26)17(12-23)13(2)3/h10-11,13,17H,4-9H2,1-3H3,(H,24,27). The molecular formula is C20H26Cl2N4O2. The number of hydrogen-bond acceptors (Lipinski definition) is 4. The minimum Gasteiger partial charge on any atom is -0.336 e. The molecule has 1 N–H and O–H groups in total. The van der Waals surface area contributed by atoms with E-state index in [1.54, 1.807) is 4.90 Å². The number of halogens is 2. The number of anilines is 1. The van der Waals surface area contributed by atoms with Crippen LogP contribution in [0.5, 0.6) is 0 Å². The topological polar surface area (TPSA) is 76.4 Å². The molecule has 6 nitrogen and oxygen atoms in total. The molecule has 1 aromatic carbocycles. The minimum absolute atomic E-state index is 0.165. The van der Waals surface area contributed by atoms with Gasteiger partial charge in [0.05, 0.1) is 22.3 Å². The summed E-state index contributed by atoms with van der Waals surface area (Å²) in [6, 6.07) is 5.23. The molecule has 1 heterocycles. The molecule has 0 aliphatic carbocycles. The van der Waals surface area contributed by atoms with Gasteiger partial charge in [-0.25, -0.2) is 0 Å². The van der Waals surface area contributed by atoms with E-state index in [9.17, 15) is 14.9 Å². The predicted molar refractivity (Wildman–Crippen MR) is 112 cm³/mol. The number of rotatable bonds is 6. The summed E-state index contributed by atoms with van der Waals surface area (Å²) in [7, 11) is 0. The van der Waals surface area contributed by atoms with Crippen molar-refractivity contribution in [2.24, 2.45) is 5.92 Å². The molecule has 1 fully saturated rings. The van der Waals surface area contributed by atoms with Crippen molar-refractivity contribution in [1.29, 1.82) is 5.26 Å². The van der Waals surface area contributed by atoms with Crippen molar-refractivity contribution in [3.63, 3.8) is 0 Å². The van der Waals surface area contributed by atoms with Gasteiger partial charge in [0.15, 0.2) is 0 Å². The summed E-state index contributed by atoms with van der Waals surface area (Å²) in [6.45, 7) is 8.17. The van der Waals surface area contributed by atoms with E-state index in [1.165, 1.54) is 12.1 Å². The Morgan fingerprint density at radius 1 is 1.21 bits per heavy atom. The average molecular weight is 425 g/mol. The number of nitrogens with zero attached hydrogens (tertiary/aromatic N) is 3. The van der Waals surface area contributed by atoms with Crippen molar-refractivity contribution < 1.29 is 9.59 Å². The van der Waals surface area contributed by atoms with E-state index >= 15 is 0 Å². The Morgan fingerprint density at radius 2 is 1.86 bits per heavy atom. The maximum absolute atomic E-state index is 13.1. The first-order valence-corrected chi connectivity index (χ1v) is 10.3. The summed E-state index contributed by atoms with van der Waals surface area (Å²) in [4.78, 5) is 29.0. The monoisotopic (exact) mass is 424 g/mol. The molecule has 8 heteroatoms. The van der Waals surface area contributed by atoms with Crippen LogP contribution in [-0.2, 0) is 4.79 Å². The highest BCUT2D eigenvalue weighted by molar-refractivity contribution is 6.38. The Kier molecular flexibility index (Phi) is 8.11. The summed E-state index contributed by atoms with van der Waals surface area (Å²) in [5.41, 5.74) is 0.588. The van der Waals surface area contributed by atoms with Gasteiger partial charge in [-0.1, -0.05) is 44.0 Å². The van der Waals surface area contributed by atoms with Crippen LogP contribution in [-0.4, -0.2) is 53.8 Å². The highest BCUT2D eigenvalue weighted by atomic mass is 35.5. The normalized spacial score (nSPS) is 16.0. The summed E-state index contributed by atoms with van der Waals surface area (Å²) in [6.07, 6.45) is 1.04. The van der Waals surface area contributed by atoms with Gasteiger partial charge in [-0.3, -0.25) is 14.5 Å². The third-order valence-corrected chi connectivity index (χ3v) is 5.30. The highest BCUT2D eigenvalue weighted by Crippen LogP contribution is 2.32. The Hall–Kier alpha value is -1.81. The van der Waals surface area contributed by atoms with Gasteiger partial charge >= 0.3 is 0 Å². The smallest absolute Gasteiger partial charge is 0.256 e. The predicted octanol–water partition coefficient (Wildman–Crippen LogP) is 4.04. The van der Waals surface area contributed by atoms with Gasteiger partial charge in [0.25, 0.3) is 5.91 Å². The van der Waals surface area contributed by atoms with E-state index in [0.29, 0.717) is 49.7 Å². The van der Waals surface area contributed by atoms with Crippen LogP contribution in [0.25, 0.3) is 0 Å². The van der Waals surface area contributed by atoms with Crippen molar-refractivity contribution >= 4 is 40.7 Å². The third kappa shape index (κ3) is 5.38. The first kappa shape index (κ1) is 22.5. The number of nitrogens with one attached hydrogen (secondary N) is 1. The van der Waals surface area contributed by atoms with Crippen LogP contribution < -0.4 is 5.32 Å². The summed E-state index contributed by atoms with van der Waals surface area (Å²) >= 11 is 12.4. The summed E-state index contributed by atoms with van der Waals surface area (Å²) in [5.74, 6) is -0.201. The lowest BCUT2D eigenvalue weighted by Crippen LogP contribution is -2.52. The first-order valence-electron chi connectivity index (χ1n) is 9.50. The fraction of sp³-hybridized carbons (Fsp3) is 0.550. The van der Waals surface area contributed by atoms with Crippen molar-refractivity contribution in [3.8, 4) is 6.07 Å². The van der Waals surface area contributed by atoms with Gasteiger partial charge in [-0.2, -0.15) is 5.26 Å². The van der Waals surface area contributed by atoms with Crippen LogP contribution in [0.1, 0.15) is 44.0 Å². The Balaban J connectivity index is 2.18. The van der Waals surface area contributed by atoms with E-state index in [4.69, 9.17) is 23.2 Å². The number of hydrogen-bond donors (Lipinski definition) is 1. The molecule has 0 saturated carbocycles. The highest BCUT2D eigenvalue weighted by Gasteiger charge is 2.29. The average Bonchev–Trinajstić information content (AvgIpc) is 2.64. The molecule has 1 aliphatic rings. The molecule has 0 spiro atoms. The Labute approximate surface area is 176 Å². The van der Waals surface area contributed by atoms with E-state index in [2.05, 4.69) is 16.3 Å². The van der Waals surface area contributed by atoms with Gasteiger partial charge in [0.2, 0.25) is 5.91 Å². The summed E-state index contributed by atoms with van der Waals surface area (Å²) < 4.78 is 0. The van der Waals surface area contributed by atoms with Gasteiger partial charge in [-0.05, 0) is 24.5 Å². The second-order valence-electron chi connectivity index (χ2n) is 7.25. The summed E-state index contributed by atoms with van der Waals surface area (Å²) in [5, 5.41) is 12.7. The lowest BCUT2D eigenvalue weighted by Gasteiger charge is -2.38. The van der Waals surface area contributed by atoms with Gasteiger partial charge in [0.1, 0.15) is 6.04 Å². The van der Waals surface area contributed by atoms with Crippen molar-refractivity contribution in [2.45, 2.75) is 39.7 Å². The third-order valence-electron chi connectivity index (χ3n) is 4.79. The first-order chi connectivity index (χ1) is 13.3. The maximum Gasteiger partial charge on any atom is 0.256 e. The number of carbonyl (C=O) groups excluding carboxylic acids is 2. The van der Waals surface area contributed by atoms with Crippen molar-refractivity contribution in [3.05, 3.63) is 27.7 Å². The molecule has 0 aromatic heterocycles. The molecule has 0 radical (unpaired) electrons. The second-order valence-corrected chi connectivity index (χ2v) is 8.10. The van der Waals surface area contributed by atoms with Crippen LogP contribution in [0, 0.1) is 17.2 Å². The molecule has 1 aromatic rings. The fourth-order valence-corrected chi connectivity index (χ4v) is 3.86. The molecule has 28 heavy (non-hydrogen) atoms. The van der Waals surface area contributed by atoms with Crippen molar-refractivity contribution in [2.75, 3.05) is 31.5 Å². The quantitative estimate of drug-likeness (QED) is 0.747. The number of nitriles is 1. The molecule has 1 aliphatic heterocycles. The number of benzene rings is 1. The van der Waals surface area contributed by atoms with Gasteiger partial charge < -0.3 is 10.2 Å². The van der Waals surface area contributed by atoms with Crippen LogP contribution in [0.4, 0.5) is 5.69 Å². The number of carbonyl (C=O) groups is 2. The lowest BCUT2D eigenvalue weighted by atomic mass is 10.0. The largest absolute Gasteiger partial charge is 0.336 e. The Bertz CT molecular complexity index is 768. The SMILES string of the molecule is CCCC(=O)Nc1c(Cl)cc(Cl)cc1C(=O)N1CCN(C(C#N)C(C)C)CC1. The van der Waals surface area contributed by atoms with Gasteiger partial charge in [-0.15, -0.1) is 0 Å². The van der Waals surface area contributed by atoms with Crippen LogP contribution in [0.3, 0.4) is 0 Å². The van der Waals surface area contributed by atoms with Crippen molar-refractivity contribution in [1.82, 2.24) is 9.80 Å². The molecule has 1 unspecified atom stereocenters. The molecule has 1 atom stereocenters. The van der Waals surface area contributed by atoms with E-state index in [0.717, 1.165) is 0 Å². The number of amides is 2. The molecule has 2 amide bonds.